The van der Waals surface area contributed by atoms with Gasteiger partial charge in [0, 0.05) is 13.0 Å². The van der Waals surface area contributed by atoms with Gasteiger partial charge < -0.3 is 39.4 Å². The largest absolute Gasteiger partial charge is 0.457 e. The molecule has 0 radical (unpaired) electrons. The van der Waals surface area contributed by atoms with Crippen LogP contribution in [-0.2, 0) is 23.7 Å². The van der Waals surface area contributed by atoms with Gasteiger partial charge in [-0.25, -0.2) is 0 Å². The molecule has 9 heteroatoms. The Morgan fingerprint density at radius 2 is 0.942 bits per heavy atom. The van der Waals surface area contributed by atoms with E-state index in [1.54, 1.807) is 0 Å². The van der Waals surface area contributed by atoms with Gasteiger partial charge in [-0.1, -0.05) is 187 Å². The monoisotopic (exact) mass is 745 g/mol. The molecule has 4 N–H and O–H groups in total. The fourth-order valence-electron chi connectivity index (χ4n) is 7.02. The minimum atomic E-state index is -1.53. The highest BCUT2D eigenvalue weighted by Gasteiger charge is 2.44. The summed E-state index contributed by atoms with van der Waals surface area (Å²) < 4.78 is 22.8. The highest BCUT2D eigenvalue weighted by atomic mass is 16.7. The first-order chi connectivity index (χ1) is 25.4. The second-order valence-electron chi connectivity index (χ2n) is 15.5. The van der Waals surface area contributed by atoms with Crippen LogP contribution in [0.15, 0.2) is 0 Å². The summed E-state index contributed by atoms with van der Waals surface area (Å²) in [6, 6.07) is 0. The Balaban J connectivity index is 2.18. The third-order valence-electron chi connectivity index (χ3n) is 10.5. The molecule has 9 nitrogen and oxygen atoms in total. The van der Waals surface area contributed by atoms with Gasteiger partial charge in [0.25, 0.3) is 0 Å². The first kappa shape index (κ1) is 49.2. The smallest absolute Gasteiger partial charge is 0.306 e. The van der Waals surface area contributed by atoms with Gasteiger partial charge in [0.05, 0.1) is 19.8 Å². The van der Waals surface area contributed by atoms with Crippen LogP contribution in [0.5, 0.6) is 0 Å². The molecule has 1 saturated heterocycles. The normalized spacial score (nSPS) is 21.1. The zero-order valence-electron chi connectivity index (χ0n) is 33.8. The number of ether oxygens (including phenoxy) is 4. The fraction of sp³-hybridized carbons (Fsp3) is 0.977. The van der Waals surface area contributed by atoms with E-state index in [1.807, 2.05) is 0 Å². The third kappa shape index (κ3) is 26.9. The summed E-state index contributed by atoms with van der Waals surface area (Å²) in [5, 5.41) is 40.0. The van der Waals surface area contributed by atoms with Crippen LogP contribution in [0.2, 0.25) is 0 Å². The van der Waals surface area contributed by atoms with Crippen molar-refractivity contribution in [2.24, 2.45) is 0 Å². The van der Waals surface area contributed by atoms with Crippen LogP contribution in [0.25, 0.3) is 0 Å². The molecular weight excluding hydrogens is 660 g/mol. The van der Waals surface area contributed by atoms with E-state index in [0.29, 0.717) is 13.0 Å². The van der Waals surface area contributed by atoms with Gasteiger partial charge in [-0.3, -0.25) is 4.79 Å². The zero-order valence-corrected chi connectivity index (χ0v) is 33.8. The van der Waals surface area contributed by atoms with Gasteiger partial charge in [-0.15, -0.1) is 0 Å². The van der Waals surface area contributed by atoms with Crippen molar-refractivity contribution in [3.63, 3.8) is 0 Å². The van der Waals surface area contributed by atoms with Crippen molar-refractivity contribution < 1.29 is 44.2 Å². The van der Waals surface area contributed by atoms with Crippen molar-refractivity contribution >= 4 is 5.97 Å². The van der Waals surface area contributed by atoms with E-state index in [2.05, 4.69) is 13.8 Å². The molecule has 0 aromatic carbocycles. The number of carbonyl (C=O) groups is 1. The quantitative estimate of drug-likeness (QED) is 0.0360. The van der Waals surface area contributed by atoms with E-state index in [-0.39, 0.29) is 19.2 Å². The summed E-state index contributed by atoms with van der Waals surface area (Å²) in [6.07, 6.45) is 30.0. The summed E-state index contributed by atoms with van der Waals surface area (Å²) in [6.45, 7) is 4.57. The molecule has 1 aliphatic rings. The van der Waals surface area contributed by atoms with E-state index in [1.165, 1.54) is 154 Å². The molecule has 1 heterocycles. The van der Waals surface area contributed by atoms with Crippen LogP contribution >= 0.6 is 0 Å². The number of aliphatic hydroxyl groups excluding tert-OH is 4. The van der Waals surface area contributed by atoms with Crippen molar-refractivity contribution in [2.45, 2.75) is 243 Å². The number of unbranched alkanes of at least 4 members (excludes halogenated alkanes) is 27. The van der Waals surface area contributed by atoms with Crippen LogP contribution in [0.3, 0.4) is 0 Å². The molecule has 52 heavy (non-hydrogen) atoms. The molecule has 310 valence electrons. The number of esters is 1. The van der Waals surface area contributed by atoms with E-state index in [9.17, 15) is 25.2 Å². The minimum Gasteiger partial charge on any atom is -0.457 e. The lowest BCUT2D eigenvalue weighted by Crippen LogP contribution is -2.59. The number of aliphatic hydroxyl groups is 4. The van der Waals surface area contributed by atoms with Gasteiger partial charge >= 0.3 is 5.97 Å². The lowest BCUT2D eigenvalue weighted by atomic mass is 9.99. The maximum atomic E-state index is 12.7. The molecule has 0 aliphatic carbocycles. The van der Waals surface area contributed by atoms with Gasteiger partial charge in [0.2, 0.25) is 0 Å². The molecule has 6 atom stereocenters. The number of hydrogen-bond acceptors (Lipinski definition) is 9. The zero-order chi connectivity index (χ0) is 37.9. The van der Waals surface area contributed by atoms with Crippen LogP contribution in [0.4, 0.5) is 0 Å². The fourth-order valence-corrected chi connectivity index (χ4v) is 7.02. The summed E-state index contributed by atoms with van der Waals surface area (Å²) in [5.74, 6) is -0.312. The Morgan fingerprint density at radius 3 is 1.37 bits per heavy atom. The Bertz CT molecular complexity index is 767. The van der Waals surface area contributed by atoms with E-state index < -0.39 is 43.4 Å². The first-order valence-corrected chi connectivity index (χ1v) is 22.1. The molecule has 0 aromatic heterocycles. The topological polar surface area (TPSA) is 135 Å². The van der Waals surface area contributed by atoms with Crippen molar-refractivity contribution in [1.29, 1.82) is 0 Å². The molecule has 6 unspecified atom stereocenters. The molecule has 0 spiro atoms. The molecule has 1 aliphatic heterocycles. The van der Waals surface area contributed by atoms with Crippen molar-refractivity contribution in [2.75, 3.05) is 26.4 Å². The second-order valence-corrected chi connectivity index (χ2v) is 15.5. The molecule has 0 saturated carbocycles. The minimum absolute atomic E-state index is 0.106. The van der Waals surface area contributed by atoms with Gasteiger partial charge in [0.1, 0.15) is 30.5 Å². The van der Waals surface area contributed by atoms with Crippen LogP contribution in [0.1, 0.15) is 206 Å². The first-order valence-electron chi connectivity index (χ1n) is 22.1. The van der Waals surface area contributed by atoms with Gasteiger partial charge in [0.15, 0.2) is 6.29 Å². The van der Waals surface area contributed by atoms with E-state index in [0.717, 1.165) is 32.1 Å². The average Bonchev–Trinajstić information content (AvgIpc) is 3.14. The van der Waals surface area contributed by atoms with E-state index in [4.69, 9.17) is 18.9 Å². The molecule has 1 fully saturated rings. The lowest BCUT2D eigenvalue weighted by molar-refractivity contribution is -0.305. The predicted molar refractivity (Wildman–Crippen MR) is 210 cm³/mol. The molecular formula is C43H84O9. The summed E-state index contributed by atoms with van der Waals surface area (Å²) in [5.41, 5.74) is 0. The Morgan fingerprint density at radius 1 is 0.538 bits per heavy atom. The van der Waals surface area contributed by atoms with Crippen molar-refractivity contribution in [1.82, 2.24) is 0 Å². The number of rotatable bonds is 38. The summed E-state index contributed by atoms with van der Waals surface area (Å²) in [7, 11) is 0. The Labute approximate surface area is 319 Å². The molecule has 1 rings (SSSR count). The number of carbonyl (C=O) groups excluding carboxylic acids is 1. The maximum Gasteiger partial charge on any atom is 0.306 e. The van der Waals surface area contributed by atoms with Crippen LogP contribution in [0, 0.1) is 0 Å². The highest BCUT2D eigenvalue weighted by molar-refractivity contribution is 5.69. The molecule has 0 bridgehead atoms. The number of hydrogen-bond donors (Lipinski definition) is 4. The predicted octanol–water partition coefficient (Wildman–Crippen LogP) is 9.47. The van der Waals surface area contributed by atoms with Crippen LogP contribution in [-0.4, -0.2) is 89.6 Å². The average molecular weight is 745 g/mol. The highest BCUT2D eigenvalue weighted by Crippen LogP contribution is 2.23. The second kappa shape index (κ2) is 35.9. The van der Waals surface area contributed by atoms with Gasteiger partial charge in [-0.05, 0) is 12.8 Å². The summed E-state index contributed by atoms with van der Waals surface area (Å²) >= 11 is 0. The standard InChI is InChI=1S/C43H84O9/c1-3-5-7-9-11-13-14-15-16-17-18-19-20-21-22-23-25-27-29-31-33-49-35-37(36-50-43-42(48)41(47)40(46)38(34-44)52-43)51-39(45)32-30-28-26-24-12-10-8-6-4-2/h37-38,40-44,46-48H,3-36H2,1-2H3. The van der Waals surface area contributed by atoms with Gasteiger partial charge in [-0.2, -0.15) is 0 Å². The SMILES string of the molecule is CCCCCCCCCCCCCCCCCCCCCCOCC(COC1OC(CO)C(O)C(O)C1O)OC(=O)CCCCCCCCCCC. The van der Waals surface area contributed by atoms with E-state index >= 15 is 0 Å². The maximum absolute atomic E-state index is 12.7. The Kier molecular flexibility index (Phi) is 33.9. The third-order valence-corrected chi connectivity index (χ3v) is 10.5. The van der Waals surface area contributed by atoms with Crippen LogP contribution < -0.4 is 0 Å². The molecule has 0 amide bonds. The van der Waals surface area contributed by atoms with Crippen molar-refractivity contribution in [3.8, 4) is 0 Å². The molecule has 0 aromatic rings. The Hall–Kier alpha value is -0.810. The summed E-state index contributed by atoms with van der Waals surface area (Å²) in [4.78, 5) is 12.7. The van der Waals surface area contributed by atoms with Crippen molar-refractivity contribution in [3.05, 3.63) is 0 Å². The lowest BCUT2D eigenvalue weighted by Gasteiger charge is -2.39.